The fourth-order valence-electron chi connectivity index (χ4n) is 1.85. The van der Waals surface area contributed by atoms with E-state index in [2.05, 4.69) is 15.9 Å². The maximum atomic E-state index is 13.7. The van der Waals surface area contributed by atoms with Gasteiger partial charge < -0.3 is 5.73 Å². The highest BCUT2D eigenvalue weighted by atomic mass is 79.9. The maximum Gasteiger partial charge on any atom is 0.126 e. The zero-order valence-corrected chi connectivity index (χ0v) is 12.9. The Hall–Kier alpha value is -0.610. The summed E-state index contributed by atoms with van der Waals surface area (Å²) in [7, 11) is 0. The average molecular weight is 363 g/mol. The number of hydrogen-bond acceptors (Lipinski definition) is 1. The molecular weight excluding hydrogens is 352 g/mol. The molecule has 1 unspecified atom stereocenters. The second kappa shape index (κ2) is 6.23. The Bertz CT molecular complexity index is 604. The van der Waals surface area contributed by atoms with Crippen molar-refractivity contribution < 1.29 is 4.39 Å². The molecule has 0 saturated heterocycles. The van der Waals surface area contributed by atoms with Gasteiger partial charge in [-0.15, -0.1) is 0 Å². The van der Waals surface area contributed by atoms with Gasteiger partial charge in [-0.2, -0.15) is 0 Å². The van der Waals surface area contributed by atoms with Crippen molar-refractivity contribution in [3.05, 3.63) is 67.9 Å². The molecule has 1 atom stereocenters. The van der Waals surface area contributed by atoms with E-state index in [1.54, 1.807) is 30.3 Å². The molecular formula is C14H11BrCl2FN. The van der Waals surface area contributed by atoms with Gasteiger partial charge in [-0.3, -0.25) is 0 Å². The minimum atomic E-state index is -0.407. The van der Waals surface area contributed by atoms with Crippen molar-refractivity contribution in [3.63, 3.8) is 0 Å². The van der Waals surface area contributed by atoms with E-state index >= 15 is 0 Å². The molecule has 2 N–H and O–H groups in total. The van der Waals surface area contributed by atoms with E-state index in [1.807, 2.05) is 0 Å². The second-order valence-electron chi connectivity index (χ2n) is 4.21. The Morgan fingerprint density at radius 1 is 1.16 bits per heavy atom. The lowest BCUT2D eigenvalue weighted by atomic mass is 9.99. The molecule has 0 heterocycles. The predicted molar refractivity (Wildman–Crippen MR) is 81.2 cm³/mol. The number of halogens is 4. The van der Waals surface area contributed by atoms with Gasteiger partial charge in [0.1, 0.15) is 5.82 Å². The summed E-state index contributed by atoms with van der Waals surface area (Å²) in [4.78, 5) is 0. The molecule has 2 aromatic carbocycles. The van der Waals surface area contributed by atoms with Crippen LogP contribution in [0.2, 0.25) is 10.0 Å². The Morgan fingerprint density at radius 3 is 2.63 bits per heavy atom. The van der Waals surface area contributed by atoms with Gasteiger partial charge >= 0.3 is 0 Å². The highest BCUT2D eigenvalue weighted by Crippen LogP contribution is 2.28. The van der Waals surface area contributed by atoms with Crippen molar-refractivity contribution in [1.29, 1.82) is 0 Å². The lowest BCUT2D eigenvalue weighted by Gasteiger charge is -2.15. The van der Waals surface area contributed by atoms with Crippen molar-refractivity contribution in [2.75, 3.05) is 0 Å². The quantitative estimate of drug-likeness (QED) is 0.803. The maximum absolute atomic E-state index is 13.7. The smallest absolute Gasteiger partial charge is 0.126 e. The van der Waals surface area contributed by atoms with Crippen LogP contribution in [0.3, 0.4) is 0 Å². The van der Waals surface area contributed by atoms with Crippen molar-refractivity contribution in [1.82, 2.24) is 0 Å². The largest absolute Gasteiger partial charge is 0.324 e. The number of nitrogens with two attached hydrogens (primary N) is 1. The highest BCUT2D eigenvalue weighted by Gasteiger charge is 2.14. The van der Waals surface area contributed by atoms with Gasteiger partial charge in [0.2, 0.25) is 0 Å². The van der Waals surface area contributed by atoms with Crippen LogP contribution in [0.1, 0.15) is 17.2 Å². The summed E-state index contributed by atoms with van der Waals surface area (Å²) in [5.41, 5.74) is 7.35. The first-order valence-electron chi connectivity index (χ1n) is 5.62. The summed E-state index contributed by atoms with van der Waals surface area (Å²) >= 11 is 15.3. The number of rotatable bonds is 3. The molecule has 0 fully saturated rings. The van der Waals surface area contributed by atoms with Gasteiger partial charge in [0.25, 0.3) is 0 Å². The number of hydrogen-bond donors (Lipinski definition) is 1. The van der Waals surface area contributed by atoms with Gasteiger partial charge in [0, 0.05) is 20.6 Å². The summed E-state index contributed by atoms with van der Waals surface area (Å²) in [6, 6.07) is 9.46. The summed E-state index contributed by atoms with van der Waals surface area (Å²) in [6.45, 7) is 0. The molecule has 19 heavy (non-hydrogen) atoms. The van der Waals surface area contributed by atoms with Crippen molar-refractivity contribution in [3.8, 4) is 0 Å². The van der Waals surface area contributed by atoms with Crippen LogP contribution in [0.15, 0.2) is 40.9 Å². The van der Waals surface area contributed by atoms with Gasteiger partial charge in [0.05, 0.1) is 0 Å². The van der Waals surface area contributed by atoms with Crippen LogP contribution < -0.4 is 5.73 Å². The second-order valence-corrected chi connectivity index (χ2v) is 5.97. The third kappa shape index (κ3) is 3.69. The molecule has 0 aliphatic rings. The minimum absolute atomic E-state index is 0.281. The molecule has 0 aliphatic heterocycles. The molecule has 0 spiro atoms. The summed E-state index contributed by atoms with van der Waals surface area (Å²) < 4.78 is 14.5. The fraction of sp³-hybridized carbons (Fsp3) is 0.143. The molecule has 5 heteroatoms. The Labute approximate surface area is 129 Å². The van der Waals surface area contributed by atoms with E-state index in [1.165, 1.54) is 6.07 Å². The van der Waals surface area contributed by atoms with Gasteiger partial charge in [0.15, 0.2) is 0 Å². The minimum Gasteiger partial charge on any atom is -0.324 e. The van der Waals surface area contributed by atoms with E-state index in [0.717, 1.165) is 4.47 Å². The highest BCUT2D eigenvalue weighted by molar-refractivity contribution is 9.10. The van der Waals surface area contributed by atoms with Crippen LogP contribution in [0.5, 0.6) is 0 Å². The van der Waals surface area contributed by atoms with Crippen LogP contribution in [-0.2, 0) is 6.42 Å². The Balaban J connectivity index is 2.27. The van der Waals surface area contributed by atoms with Crippen LogP contribution in [-0.4, -0.2) is 0 Å². The third-order valence-corrected chi connectivity index (χ3v) is 3.88. The molecule has 0 amide bonds. The first-order chi connectivity index (χ1) is 8.97. The van der Waals surface area contributed by atoms with Crippen molar-refractivity contribution in [2.45, 2.75) is 12.5 Å². The predicted octanol–water partition coefficient (Wildman–Crippen LogP) is 5.14. The number of benzene rings is 2. The van der Waals surface area contributed by atoms with Crippen LogP contribution in [0, 0.1) is 5.82 Å². The molecule has 2 aromatic rings. The van der Waals surface area contributed by atoms with E-state index in [0.29, 0.717) is 27.6 Å². The molecule has 0 saturated carbocycles. The molecule has 2 rings (SSSR count). The molecule has 0 radical (unpaired) electrons. The third-order valence-electron chi connectivity index (χ3n) is 2.81. The molecule has 0 bridgehead atoms. The van der Waals surface area contributed by atoms with Crippen LogP contribution >= 0.6 is 39.1 Å². The molecule has 0 aromatic heterocycles. The first-order valence-corrected chi connectivity index (χ1v) is 7.16. The summed E-state index contributed by atoms with van der Waals surface area (Å²) in [5, 5.41) is 1.09. The summed E-state index contributed by atoms with van der Waals surface area (Å²) in [6.07, 6.45) is 0.353. The Kier molecular flexibility index (Phi) is 4.85. The van der Waals surface area contributed by atoms with Crippen LogP contribution in [0.25, 0.3) is 0 Å². The first kappa shape index (κ1) is 14.8. The zero-order chi connectivity index (χ0) is 14.0. The molecule has 0 aliphatic carbocycles. The van der Waals surface area contributed by atoms with E-state index in [4.69, 9.17) is 28.9 Å². The van der Waals surface area contributed by atoms with Gasteiger partial charge in [-0.1, -0.05) is 39.1 Å². The van der Waals surface area contributed by atoms with Gasteiger partial charge in [-0.05, 0) is 53.9 Å². The standard InChI is InChI=1S/C14H11BrCl2FN/c15-9-1-4-13(18)8(5-9)6-14(19)11-7-10(16)2-3-12(11)17/h1-5,7,14H,6,19H2. The topological polar surface area (TPSA) is 26.0 Å². The van der Waals surface area contributed by atoms with Crippen molar-refractivity contribution in [2.24, 2.45) is 5.73 Å². The normalized spacial score (nSPS) is 12.5. The lowest BCUT2D eigenvalue weighted by molar-refractivity contribution is 0.593. The van der Waals surface area contributed by atoms with Crippen LogP contribution in [0.4, 0.5) is 4.39 Å². The lowest BCUT2D eigenvalue weighted by Crippen LogP contribution is -2.14. The molecule has 1 nitrogen and oxygen atoms in total. The van der Waals surface area contributed by atoms with E-state index in [9.17, 15) is 4.39 Å². The van der Waals surface area contributed by atoms with Crippen molar-refractivity contribution >= 4 is 39.1 Å². The average Bonchev–Trinajstić information content (AvgIpc) is 2.36. The monoisotopic (exact) mass is 361 g/mol. The fourth-order valence-corrected chi connectivity index (χ4v) is 2.69. The van der Waals surface area contributed by atoms with E-state index < -0.39 is 6.04 Å². The summed E-state index contributed by atoms with van der Waals surface area (Å²) in [5.74, 6) is -0.281. The molecule has 100 valence electrons. The van der Waals surface area contributed by atoms with Gasteiger partial charge in [-0.25, -0.2) is 4.39 Å². The SMILES string of the molecule is NC(Cc1cc(Br)ccc1F)c1cc(Cl)ccc1Cl. The Morgan fingerprint density at radius 2 is 1.89 bits per heavy atom. The van der Waals surface area contributed by atoms with E-state index in [-0.39, 0.29) is 5.82 Å². The zero-order valence-electron chi connectivity index (χ0n) is 9.84.